The van der Waals surface area contributed by atoms with Crippen LogP contribution in [0.2, 0.25) is 0 Å². The minimum absolute atomic E-state index is 0.155. The van der Waals surface area contributed by atoms with Crippen LogP contribution < -0.4 is 10.6 Å². The number of fused-ring (bicyclic) bond motifs is 1. The Bertz CT molecular complexity index is 1280. The number of nitrogens with one attached hydrogen (secondary N) is 3. The lowest BCUT2D eigenvalue weighted by molar-refractivity contribution is -0.117. The molecule has 0 saturated carbocycles. The summed E-state index contributed by atoms with van der Waals surface area (Å²) >= 11 is 3.36. The molecule has 2 heterocycles. The molecule has 3 N–H and O–H groups in total. The average molecular weight is 489 g/mol. The van der Waals surface area contributed by atoms with Crippen LogP contribution in [-0.2, 0) is 11.2 Å². The Balaban J connectivity index is 1.48. The molecule has 0 aliphatic heterocycles. The van der Waals surface area contributed by atoms with E-state index in [-0.39, 0.29) is 17.5 Å². The SMILES string of the molecule is O=C(NCCc1c[nH]c2ccccc12)C(=Cc1cccnc1)NC(=O)c1cccc(Br)c1. The first-order valence-corrected chi connectivity index (χ1v) is 10.9. The summed E-state index contributed by atoms with van der Waals surface area (Å²) in [4.78, 5) is 33.0. The van der Waals surface area contributed by atoms with Crippen molar-refractivity contribution in [2.45, 2.75) is 6.42 Å². The Hall–Kier alpha value is -3.71. The number of H-pyrrole nitrogens is 1. The molecular weight excluding hydrogens is 468 g/mol. The first-order chi connectivity index (χ1) is 15.6. The minimum atomic E-state index is -0.367. The summed E-state index contributed by atoms with van der Waals surface area (Å²) in [7, 11) is 0. The smallest absolute Gasteiger partial charge is 0.267 e. The van der Waals surface area contributed by atoms with Gasteiger partial charge in [0.2, 0.25) is 0 Å². The van der Waals surface area contributed by atoms with E-state index in [1.54, 1.807) is 42.7 Å². The first-order valence-electron chi connectivity index (χ1n) is 10.1. The number of para-hydroxylation sites is 1. The Kier molecular flexibility index (Phi) is 6.77. The molecule has 2 aromatic heterocycles. The first kappa shape index (κ1) is 21.5. The highest BCUT2D eigenvalue weighted by molar-refractivity contribution is 9.10. The second kappa shape index (κ2) is 10.1. The predicted octanol–water partition coefficient (Wildman–Crippen LogP) is 4.46. The highest BCUT2D eigenvalue weighted by Gasteiger charge is 2.15. The zero-order valence-electron chi connectivity index (χ0n) is 17.1. The van der Waals surface area contributed by atoms with E-state index in [1.807, 2.05) is 36.5 Å². The van der Waals surface area contributed by atoms with Crippen molar-refractivity contribution in [2.24, 2.45) is 0 Å². The van der Waals surface area contributed by atoms with Gasteiger partial charge in [-0.25, -0.2) is 0 Å². The Labute approximate surface area is 193 Å². The minimum Gasteiger partial charge on any atom is -0.361 e. The van der Waals surface area contributed by atoms with Crippen LogP contribution in [0.15, 0.2) is 89.4 Å². The van der Waals surface area contributed by atoms with Gasteiger partial charge in [0, 0.05) is 46.1 Å². The summed E-state index contributed by atoms with van der Waals surface area (Å²) in [6.45, 7) is 0.428. The lowest BCUT2D eigenvalue weighted by Crippen LogP contribution is -2.35. The van der Waals surface area contributed by atoms with Crippen LogP contribution in [0.5, 0.6) is 0 Å². The number of hydrogen-bond donors (Lipinski definition) is 3. The van der Waals surface area contributed by atoms with Crippen molar-refractivity contribution < 1.29 is 9.59 Å². The summed E-state index contributed by atoms with van der Waals surface area (Å²) < 4.78 is 0.783. The van der Waals surface area contributed by atoms with Crippen molar-refractivity contribution >= 4 is 44.7 Å². The standard InChI is InChI=1S/C25H21BrN4O2/c26-20-7-3-6-18(14-20)24(31)30-23(13-17-5-4-11-27-15-17)25(32)28-12-10-19-16-29-22-9-2-1-8-21(19)22/h1-9,11,13-16,29H,10,12H2,(H,28,32)(H,30,31). The molecule has 0 saturated heterocycles. The number of nitrogens with zero attached hydrogens (tertiary/aromatic N) is 1. The Morgan fingerprint density at radius 1 is 1.06 bits per heavy atom. The molecule has 2 aromatic carbocycles. The lowest BCUT2D eigenvalue weighted by atomic mass is 10.1. The second-order valence-electron chi connectivity index (χ2n) is 7.17. The molecule has 7 heteroatoms. The maximum Gasteiger partial charge on any atom is 0.267 e. The molecule has 0 fully saturated rings. The number of halogens is 1. The van der Waals surface area contributed by atoms with Gasteiger partial charge in [0.1, 0.15) is 5.70 Å². The van der Waals surface area contributed by atoms with Gasteiger partial charge >= 0.3 is 0 Å². The van der Waals surface area contributed by atoms with Crippen molar-refractivity contribution in [3.8, 4) is 0 Å². The fourth-order valence-electron chi connectivity index (χ4n) is 3.35. The van der Waals surface area contributed by atoms with Crippen molar-refractivity contribution in [2.75, 3.05) is 6.54 Å². The number of benzene rings is 2. The second-order valence-corrected chi connectivity index (χ2v) is 8.09. The van der Waals surface area contributed by atoms with Crippen LogP contribution in [0.1, 0.15) is 21.5 Å². The summed E-state index contributed by atoms with van der Waals surface area (Å²) in [6.07, 6.45) is 7.51. The Morgan fingerprint density at radius 3 is 2.75 bits per heavy atom. The van der Waals surface area contributed by atoms with Crippen LogP contribution in [-0.4, -0.2) is 28.3 Å². The van der Waals surface area contributed by atoms with E-state index in [4.69, 9.17) is 0 Å². The van der Waals surface area contributed by atoms with E-state index >= 15 is 0 Å². The number of aromatic nitrogens is 2. The molecule has 2 amide bonds. The van der Waals surface area contributed by atoms with Gasteiger partial charge in [-0.1, -0.05) is 46.3 Å². The van der Waals surface area contributed by atoms with Gasteiger partial charge < -0.3 is 15.6 Å². The molecule has 0 unspecified atom stereocenters. The van der Waals surface area contributed by atoms with E-state index in [9.17, 15) is 9.59 Å². The maximum absolute atomic E-state index is 12.9. The lowest BCUT2D eigenvalue weighted by Gasteiger charge is -2.11. The van der Waals surface area contributed by atoms with E-state index in [2.05, 4.69) is 42.6 Å². The van der Waals surface area contributed by atoms with Crippen LogP contribution >= 0.6 is 15.9 Å². The number of aromatic amines is 1. The molecule has 0 aliphatic carbocycles. The Morgan fingerprint density at radius 2 is 1.94 bits per heavy atom. The molecular formula is C25H21BrN4O2. The molecule has 0 aliphatic rings. The fourth-order valence-corrected chi connectivity index (χ4v) is 3.75. The van der Waals surface area contributed by atoms with Gasteiger partial charge in [0.25, 0.3) is 11.8 Å². The third-order valence-corrected chi connectivity index (χ3v) is 5.42. The highest BCUT2D eigenvalue weighted by atomic mass is 79.9. The molecule has 160 valence electrons. The van der Waals surface area contributed by atoms with E-state index in [0.29, 0.717) is 24.1 Å². The molecule has 0 atom stereocenters. The van der Waals surface area contributed by atoms with Crippen molar-refractivity contribution in [3.05, 3.63) is 106 Å². The zero-order valence-corrected chi connectivity index (χ0v) is 18.7. The third-order valence-electron chi connectivity index (χ3n) is 4.93. The molecule has 4 rings (SSSR count). The zero-order chi connectivity index (χ0) is 22.3. The van der Waals surface area contributed by atoms with Gasteiger partial charge in [-0.05, 0) is 54.0 Å². The summed E-state index contributed by atoms with van der Waals surface area (Å²) in [5, 5.41) is 6.78. The van der Waals surface area contributed by atoms with Gasteiger partial charge in [0.05, 0.1) is 0 Å². The highest BCUT2D eigenvalue weighted by Crippen LogP contribution is 2.18. The largest absolute Gasteiger partial charge is 0.361 e. The number of hydrogen-bond acceptors (Lipinski definition) is 3. The molecule has 0 bridgehead atoms. The van der Waals surface area contributed by atoms with E-state index < -0.39 is 0 Å². The number of carbonyl (C=O) groups is 2. The van der Waals surface area contributed by atoms with Gasteiger partial charge in [-0.15, -0.1) is 0 Å². The topological polar surface area (TPSA) is 86.9 Å². The van der Waals surface area contributed by atoms with Crippen molar-refractivity contribution in [1.82, 2.24) is 20.6 Å². The van der Waals surface area contributed by atoms with Crippen LogP contribution in [0.4, 0.5) is 0 Å². The average Bonchev–Trinajstić information content (AvgIpc) is 3.22. The molecule has 6 nitrogen and oxygen atoms in total. The molecule has 4 aromatic rings. The van der Waals surface area contributed by atoms with E-state index in [0.717, 1.165) is 20.9 Å². The van der Waals surface area contributed by atoms with Gasteiger partial charge in [-0.2, -0.15) is 0 Å². The molecule has 0 spiro atoms. The predicted molar refractivity (Wildman–Crippen MR) is 129 cm³/mol. The number of carbonyl (C=O) groups excluding carboxylic acids is 2. The van der Waals surface area contributed by atoms with Gasteiger partial charge in [-0.3, -0.25) is 14.6 Å². The third kappa shape index (κ3) is 5.31. The molecule has 0 radical (unpaired) electrons. The summed E-state index contributed by atoms with van der Waals surface area (Å²) in [5.74, 6) is -0.731. The number of amides is 2. The number of pyridine rings is 1. The van der Waals surface area contributed by atoms with Gasteiger partial charge in [0.15, 0.2) is 0 Å². The maximum atomic E-state index is 12.9. The van der Waals surface area contributed by atoms with Crippen molar-refractivity contribution in [1.29, 1.82) is 0 Å². The summed E-state index contributed by atoms with van der Waals surface area (Å²) in [5.41, 5.74) is 3.50. The van der Waals surface area contributed by atoms with Crippen LogP contribution in [0.25, 0.3) is 17.0 Å². The van der Waals surface area contributed by atoms with E-state index in [1.165, 1.54) is 0 Å². The van der Waals surface area contributed by atoms with Crippen molar-refractivity contribution in [3.63, 3.8) is 0 Å². The molecule has 32 heavy (non-hydrogen) atoms. The monoisotopic (exact) mass is 488 g/mol. The fraction of sp³-hybridized carbons (Fsp3) is 0.0800. The quantitative estimate of drug-likeness (QED) is 0.335. The van der Waals surface area contributed by atoms with Crippen LogP contribution in [0.3, 0.4) is 0 Å². The van der Waals surface area contributed by atoms with Crippen LogP contribution in [0, 0.1) is 0 Å². The normalized spacial score (nSPS) is 11.3. The summed E-state index contributed by atoms with van der Waals surface area (Å²) in [6, 6.07) is 18.6. The number of rotatable bonds is 7.